The predicted molar refractivity (Wildman–Crippen MR) is 102 cm³/mol. The third-order valence-corrected chi connectivity index (χ3v) is 4.55. The third kappa shape index (κ3) is 14.6. The van der Waals surface area contributed by atoms with Crippen molar-refractivity contribution >= 4 is 22.6 Å². The number of halogens is 1. The molecule has 1 fully saturated rings. The highest BCUT2D eigenvalue weighted by molar-refractivity contribution is 14.1. The largest absolute Gasteiger partial charge is 0.379 e. The second-order valence-electron chi connectivity index (χ2n) is 5.76. The van der Waals surface area contributed by atoms with Crippen molar-refractivity contribution in [1.29, 1.82) is 0 Å². The summed E-state index contributed by atoms with van der Waals surface area (Å²) in [7, 11) is 0. The Morgan fingerprint density at radius 3 is 1.91 bits per heavy atom. The van der Waals surface area contributed by atoms with Gasteiger partial charge >= 0.3 is 0 Å². The minimum absolute atomic E-state index is 0.412. The second kappa shape index (κ2) is 17.4. The quantitative estimate of drug-likeness (QED) is 0.226. The fourth-order valence-corrected chi connectivity index (χ4v) is 2.97. The lowest BCUT2D eigenvalue weighted by atomic mass is 10.1. The van der Waals surface area contributed by atoms with E-state index >= 15 is 0 Å². The first kappa shape index (κ1) is 21.6. The summed E-state index contributed by atoms with van der Waals surface area (Å²) >= 11 is 2.43. The van der Waals surface area contributed by atoms with Crippen LogP contribution in [0.4, 0.5) is 0 Å². The SMILES string of the molecule is ICCCCCCOCCOCCOCCOC1CCNCC1. The maximum Gasteiger partial charge on any atom is 0.0704 e. The molecular weight excluding hydrogens is 409 g/mol. The summed E-state index contributed by atoms with van der Waals surface area (Å²) in [4.78, 5) is 0. The normalized spacial score (nSPS) is 16.0. The number of unbranched alkanes of at least 4 members (excludes halogenated alkanes) is 3. The van der Waals surface area contributed by atoms with Crippen molar-refractivity contribution < 1.29 is 18.9 Å². The van der Waals surface area contributed by atoms with Gasteiger partial charge in [0, 0.05) is 6.61 Å². The zero-order valence-corrected chi connectivity index (χ0v) is 16.6. The lowest BCUT2D eigenvalue weighted by molar-refractivity contribution is -0.0252. The van der Waals surface area contributed by atoms with Gasteiger partial charge in [-0.15, -0.1) is 0 Å². The van der Waals surface area contributed by atoms with Crippen LogP contribution in [0.1, 0.15) is 38.5 Å². The second-order valence-corrected chi connectivity index (χ2v) is 6.84. The summed E-state index contributed by atoms with van der Waals surface area (Å²) in [6.45, 7) is 6.94. The first-order chi connectivity index (χ1) is 11.4. The summed E-state index contributed by atoms with van der Waals surface area (Å²) < 4.78 is 23.5. The molecule has 1 rings (SSSR count). The summed E-state index contributed by atoms with van der Waals surface area (Å²) in [6, 6.07) is 0. The molecule has 1 N–H and O–H groups in total. The molecule has 0 saturated carbocycles. The molecule has 6 heteroatoms. The van der Waals surface area contributed by atoms with Crippen LogP contribution >= 0.6 is 22.6 Å². The monoisotopic (exact) mass is 443 g/mol. The third-order valence-electron chi connectivity index (χ3n) is 3.78. The Balaban J connectivity index is 1.67. The Kier molecular flexibility index (Phi) is 16.3. The molecule has 1 aliphatic heterocycles. The van der Waals surface area contributed by atoms with E-state index in [9.17, 15) is 0 Å². The zero-order valence-electron chi connectivity index (χ0n) is 14.4. The lowest BCUT2D eigenvalue weighted by Crippen LogP contribution is -2.33. The van der Waals surface area contributed by atoms with Crippen molar-refractivity contribution in [3.05, 3.63) is 0 Å². The van der Waals surface area contributed by atoms with Crippen molar-refractivity contribution in [2.24, 2.45) is 0 Å². The van der Waals surface area contributed by atoms with Gasteiger partial charge in [-0.3, -0.25) is 0 Å². The molecule has 23 heavy (non-hydrogen) atoms. The topological polar surface area (TPSA) is 49.0 Å². The summed E-state index contributed by atoms with van der Waals surface area (Å²) in [5.74, 6) is 0. The number of piperidine rings is 1. The molecule has 0 aromatic heterocycles. The number of ether oxygens (including phenoxy) is 4. The Bertz CT molecular complexity index is 241. The van der Waals surface area contributed by atoms with Gasteiger partial charge in [-0.2, -0.15) is 0 Å². The van der Waals surface area contributed by atoms with Crippen LogP contribution in [0.2, 0.25) is 0 Å². The van der Waals surface area contributed by atoms with E-state index < -0.39 is 0 Å². The molecule has 138 valence electrons. The molecule has 0 aromatic rings. The fourth-order valence-electron chi connectivity index (χ4n) is 2.43. The van der Waals surface area contributed by atoms with Gasteiger partial charge in [0.1, 0.15) is 0 Å². The highest BCUT2D eigenvalue weighted by atomic mass is 127. The van der Waals surface area contributed by atoms with Crippen LogP contribution in [-0.4, -0.2) is 69.9 Å². The Morgan fingerprint density at radius 2 is 1.26 bits per heavy atom. The highest BCUT2D eigenvalue weighted by Crippen LogP contribution is 2.06. The number of nitrogens with one attached hydrogen (secondary N) is 1. The van der Waals surface area contributed by atoms with Gasteiger partial charge in [0.05, 0.1) is 45.7 Å². The van der Waals surface area contributed by atoms with Crippen molar-refractivity contribution in [3.8, 4) is 0 Å². The molecule has 5 nitrogen and oxygen atoms in total. The van der Waals surface area contributed by atoms with Gasteiger partial charge < -0.3 is 24.3 Å². The van der Waals surface area contributed by atoms with Crippen LogP contribution in [0, 0.1) is 0 Å². The minimum atomic E-state index is 0.412. The number of rotatable bonds is 16. The van der Waals surface area contributed by atoms with Gasteiger partial charge in [-0.1, -0.05) is 35.4 Å². The van der Waals surface area contributed by atoms with Crippen molar-refractivity contribution in [2.75, 3.05) is 63.8 Å². The van der Waals surface area contributed by atoms with Crippen molar-refractivity contribution in [1.82, 2.24) is 5.32 Å². The van der Waals surface area contributed by atoms with Gasteiger partial charge in [-0.05, 0) is 43.2 Å². The zero-order chi connectivity index (χ0) is 16.4. The molecule has 0 spiro atoms. The standard InChI is InChI=1S/C17H34INO4/c18-7-3-1-2-4-10-20-11-12-21-13-14-22-15-16-23-17-5-8-19-9-6-17/h17,19H,1-16H2. The maximum absolute atomic E-state index is 5.76. The Labute approximate surface area is 155 Å². The van der Waals surface area contributed by atoms with E-state index in [0.717, 1.165) is 39.0 Å². The average molecular weight is 443 g/mol. The highest BCUT2D eigenvalue weighted by Gasteiger charge is 2.12. The summed E-state index contributed by atoms with van der Waals surface area (Å²) in [5.41, 5.74) is 0. The smallest absolute Gasteiger partial charge is 0.0704 e. The first-order valence-electron chi connectivity index (χ1n) is 9.05. The van der Waals surface area contributed by atoms with Crippen molar-refractivity contribution in [3.63, 3.8) is 0 Å². The predicted octanol–water partition coefficient (Wildman–Crippen LogP) is 2.80. The van der Waals surface area contributed by atoms with Gasteiger partial charge in [-0.25, -0.2) is 0 Å². The number of hydrogen-bond donors (Lipinski definition) is 1. The van der Waals surface area contributed by atoms with E-state index in [4.69, 9.17) is 18.9 Å². The summed E-state index contributed by atoms with van der Waals surface area (Å²) in [5, 5.41) is 3.33. The molecular formula is C17H34INO4. The number of hydrogen-bond acceptors (Lipinski definition) is 5. The van der Waals surface area contributed by atoms with Crippen LogP contribution in [-0.2, 0) is 18.9 Å². The molecule has 0 atom stereocenters. The van der Waals surface area contributed by atoms with E-state index in [1.807, 2.05) is 0 Å². The van der Waals surface area contributed by atoms with E-state index in [-0.39, 0.29) is 0 Å². The maximum atomic E-state index is 5.76. The van der Waals surface area contributed by atoms with Crippen molar-refractivity contribution in [2.45, 2.75) is 44.6 Å². The molecule has 0 unspecified atom stereocenters. The van der Waals surface area contributed by atoms with E-state index in [1.54, 1.807) is 0 Å². The molecule has 0 amide bonds. The van der Waals surface area contributed by atoms with Crippen LogP contribution in [0.3, 0.4) is 0 Å². The fraction of sp³-hybridized carbons (Fsp3) is 1.00. The first-order valence-corrected chi connectivity index (χ1v) is 10.6. The van der Waals surface area contributed by atoms with E-state index in [1.165, 1.54) is 23.7 Å². The molecule has 0 radical (unpaired) electrons. The van der Waals surface area contributed by atoms with Gasteiger partial charge in [0.15, 0.2) is 0 Å². The lowest BCUT2D eigenvalue weighted by Gasteiger charge is -2.22. The van der Waals surface area contributed by atoms with Crippen LogP contribution < -0.4 is 5.32 Å². The minimum Gasteiger partial charge on any atom is -0.379 e. The molecule has 1 saturated heterocycles. The Hall–Kier alpha value is 0.530. The molecule has 1 aliphatic rings. The van der Waals surface area contributed by atoms with Gasteiger partial charge in [0.25, 0.3) is 0 Å². The molecule has 0 aliphatic carbocycles. The van der Waals surface area contributed by atoms with E-state index in [0.29, 0.717) is 45.7 Å². The number of alkyl halides is 1. The van der Waals surface area contributed by atoms with Crippen LogP contribution in [0.15, 0.2) is 0 Å². The van der Waals surface area contributed by atoms with E-state index in [2.05, 4.69) is 27.9 Å². The summed E-state index contributed by atoms with van der Waals surface area (Å²) in [6.07, 6.45) is 7.72. The van der Waals surface area contributed by atoms with Crippen LogP contribution in [0.25, 0.3) is 0 Å². The van der Waals surface area contributed by atoms with Gasteiger partial charge in [0.2, 0.25) is 0 Å². The Morgan fingerprint density at radius 1 is 0.696 bits per heavy atom. The molecule has 0 aromatic carbocycles. The average Bonchev–Trinajstić information content (AvgIpc) is 2.59. The molecule has 1 heterocycles. The van der Waals surface area contributed by atoms with Crippen LogP contribution in [0.5, 0.6) is 0 Å². The molecule has 0 bridgehead atoms.